The van der Waals surface area contributed by atoms with Gasteiger partial charge in [0.1, 0.15) is 5.75 Å². The van der Waals surface area contributed by atoms with Crippen LogP contribution in [0.25, 0.3) is 0 Å². The third-order valence-corrected chi connectivity index (χ3v) is 3.39. The van der Waals surface area contributed by atoms with E-state index in [9.17, 15) is 0 Å². The number of hydrogen-bond acceptors (Lipinski definition) is 3. The van der Waals surface area contributed by atoms with Crippen molar-refractivity contribution >= 4 is 5.69 Å². The molecule has 0 saturated carbocycles. The van der Waals surface area contributed by atoms with Crippen molar-refractivity contribution in [2.24, 2.45) is 11.7 Å². The highest BCUT2D eigenvalue weighted by atomic mass is 16.5. The smallest absolute Gasteiger partial charge is 0.119 e. The number of rotatable bonds is 3. The predicted octanol–water partition coefficient (Wildman–Crippen LogP) is 1.87. The summed E-state index contributed by atoms with van der Waals surface area (Å²) in [4.78, 5) is 2.42. The molecule has 0 unspecified atom stereocenters. The van der Waals surface area contributed by atoms with Crippen molar-refractivity contribution in [3.05, 3.63) is 24.3 Å². The zero-order valence-corrected chi connectivity index (χ0v) is 9.86. The lowest BCUT2D eigenvalue weighted by molar-refractivity contribution is 0.411. The Hall–Kier alpha value is -1.22. The largest absolute Gasteiger partial charge is 0.497 e. The minimum absolute atomic E-state index is 0.717. The van der Waals surface area contributed by atoms with Gasteiger partial charge in [0.2, 0.25) is 0 Å². The molecule has 0 aromatic heterocycles. The number of nitrogens with two attached hydrogens (primary N) is 1. The van der Waals surface area contributed by atoms with Gasteiger partial charge in [-0.2, -0.15) is 0 Å². The summed E-state index contributed by atoms with van der Waals surface area (Å²) >= 11 is 0. The van der Waals surface area contributed by atoms with Gasteiger partial charge in [0.15, 0.2) is 0 Å². The molecule has 88 valence electrons. The van der Waals surface area contributed by atoms with E-state index in [2.05, 4.69) is 17.0 Å². The molecule has 1 saturated heterocycles. The summed E-state index contributed by atoms with van der Waals surface area (Å²) in [5, 5.41) is 0. The van der Waals surface area contributed by atoms with Crippen LogP contribution in [0.3, 0.4) is 0 Å². The molecule has 1 heterocycles. The normalized spacial score (nSPS) is 17.5. The number of ether oxygens (including phenoxy) is 1. The number of piperidine rings is 1. The molecular weight excluding hydrogens is 200 g/mol. The average molecular weight is 220 g/mol. The molecule has 0 atom stereocenters. The molecule has 0 amide bonds. The zero-order valence-electron chi connectivity index (χ0n) is 9.86. The molecule has 0 aliphatic carbocycles. The Morgan fingerprint density at radius 2 is 1.88 bits per heavy atom. The molecule has 2 rings (SSSR count). The first-order chi connectivity index (χ1) is 7.83. The third-order valence-electron chi connectivity index (χ3n) is 3.39. The summed E-state index contributed by atoms with van der Waals surface area (Å²) in [7, 11) is 1.70. The molecule has 1 aliphatic rings. The van der Waals surface area contributed by atoms with Crippen LogP contribution in [-0.2, 0) is 0 Å². The Morgan fingerprint density at radius 1 is 1.25 bits per heavy atom. The van der Waals surface area contributed by atoms with Gasteiger partial charge in [0, 0.05) is 18.8 Å². The summed E-state index contributed by atoms with van der Waals surface area (Å²) in [5.41, 5.74) is 6.98. The van der Waals surface area contributed by atoms with Crippen LogP contribution < -0.4 is 15.4 Å². The van der Waals surface area contributed by atoms with Gasteiger partial charge in [-0.1, -0.05) is 0 Å². The van der Waals surface area contributed by atoms with Crippen molar-refractivity contribution in [1.29, 1.82) is 0 Å². The fraction of sp³-hybridized carbons (Fsp3) is 0.538. The highest BCUT2D eigenvalue weighted by molar-refractivity contribution is 5.49. The van der Waals surface area contributed by atoms with Crippen LogP contribution in [-0.4, -0.2) is 26.7 Å². The van der Waals surface area contributed by atoms with Crippen LogP contribution in [0.1, 0.15) is 12.8 Å². The van der Waals surface area contributed by atoms with Crippen LogP contribution >= 0.6 is 0 Å². The number of methoxy groups -OCH3 is 1. The Morgan fingerprint density at radius 3 is 2.38 bits per heavy atom. The maximum atomic E-state index is 5.69. The van der Waals surface area contributed by atoms with Gasteiger partial charge in [0.05, 0.1) is 7.11 Å². The highest BCUT2D eigenvalue weighted by Gasteiger charge is 2.17. The van der Waals surface area contributed by atoms with E-state index in [-0.39, 0.29) is 0 Å². The Kier molecular flexibility index (Phi) is 3.67. The fourth-order valence-electron chi connectivity index (χ4n) is 2.22. The van der Waals surface area contributed by atoms with Gasteiger partial charge in [-0.25, -0.2) is 0 Å². The van der Waals surface area contributed by atoms with E-state index in [0.29, 0.717) is 0 Å². The second kappa shape index (κ2) is 5.21. The molecule has 0 radical (unpaired) electrons. The van der Waals surface area contributed by atoms with E-state index in [0.717, 1.165) is 31.3 Å². The molecule has 1 aromatic rings. The third kappa shape index (κ3) is 2.47. The highest BCUT2D eigenvalue weighted by Crippen LogP contribution is 2.24. The predicted molar refractivity (Wildman–Crippen MR) is 67.0 cm³/mol. The monoisotopic (exact) mass is 220 g/mol. The molecular formula is C13H20N2O. The quantitative estimate of drug-likeness (QED) is 0.845. The minimum atomic E-state index is 0.717. The molecule has 0 bridgehead atoms. The lowest BCUT2D eigenvalue weighted by Gasteiger charge is -2.33. The molecule has 16 heavy (non-hydrogen) atoms. The van der Waals surface area contributed by atoms with Gasteiger partial charge in [-0.15, -0.1) is 0 Å². The zero-order chi connectivity index (χ0) is 11.4. The summed E-state index contributed by atoms with van der Waals surface area (Å²) < 4.78 is 5.16. The van der Waals surface area contributed by atoms with Crippen molar-refractivity contribution in [2.75, 3.05) is 31.6 Å². The molecule has 0 spiro atoms. The van der Waals surface area contributed by atoms with E-state index < -0.39 is 0 Å². The molecule has 1 aliphatic heterocycles. The van der Waals surface area contributed by atoms with Crippen molar-refractivity contribution in [2.45, 2.75) is 12.8 Å². The molecule has 1 fully saturated rings. The summed E-state index contributed by atoms with van der Waals surface area (Å²) in [5.74, 6) is 1.63. The van der Waals surface area contributed by atoms with E-state index in [1.165, 1.54) is 18.5 Å². The lowest BCUT2D eigenvalue weighted by atomic mass is 9.97. The van der Waals surface area contributed by atoms with Crippen molar-refractivity contribution < 1.29 is 4.74 Å². The first-order valence-electron chi connectivity index (χ1n) is 5.92. The molecule has 3 nitrogen and oxygen atoms in total. The van der Waals surface area contributed by atoms with Crippen molar-refractivity contribution in [3.63, 3.8) is 0 Å². The van der Waals surface area contributed by atoms with Crippen LogP contribution in [0.15, 0.2) is 24.3 Å². The second-order valence-corrected chi connectivity index (χ2v) is 4.36. The van der Waals surface area contributed by atoms with E-state index >= 15 is 0 Å². The van der Waals surface area contributed by atoms with Gasteiger partial charge < -0.3 is 15.4 Å². The topological polar surface area (TPSA) is 38.5 Å². The van der Waals surface area contributed by atoms with Gasteiger partial charge in [-0.3, -0.25) is 0 Å². The SMILES string of the molecule is COc1ccc(N2CCC(CN)CC2)cc1. The van der Waals surface area contributed by atoms with Crippen LogP contribution in [0, 0.1) is 5.92 Å². The first-order valence-corrected chi connectivity index (χ1v) is 5.92. The van der Waals surface area contributed by atoms with Gasteiger partial charge in [-0.05, 0) is 49.6 Å². The standard InChI is InChI=1S/C13H20N2O/c1-16-13-4-2-12(3-5-13)15-8-6-11(10-14)7-9-15/h2-5,11H,6-10,14H2,1H3. The van der Waals surface area contributed by atoms with Crippen LogP contribution in [0.4, 0.5) is 5.69 Å². The number of anilines is 1. The molecule has 1 aromatic carbocycles. The molecule has 3 heteroatoms. The van der Waals surface area contributed by atoms with Gasteiger partial charge >= 0.3 is 0 Å². The van der Waals surface area contributed by atoms with Gasteiger partial charge in [0.25, 0.3) is 0 Å². The van der Waals surface area contributed by atoms with Crippen LogP contribution in [0.5, 0.6) is 5.75 Å². The minimum Gasteiger partial charge on any atom is -0.497 e. The Balaban J connectivity index is 1.97. The maximum absolute atomic E-state index is 5.69. The maximum Gasteiger partial charge on any atom is 0.119 e. The number of nitrogens with zero attached hydrogens (tertiary/aromatic N) is 1. The summed E-state index contributed by atoms with van der Waals surface area (Å²) in [6.45, 7) is 3.07. The molecule has 2 N–H and O–H groups in total. The summed E-state index contributed by atoms with van der Waals surface area (Å²) in [6, 6.07) is 8.29. The summed E-state index contributed by atoms with van der Waals surface area (Å²) in [6.07, 6.45) is 2.42. The Labute approximate surface area is 97.2 Å². The second-order valence-electron chi connectivity index (χ2n) is 4.36. The average Bonchev–Trinajstić information content (AvgIpc) is 2.39. The first kappa shape index (κ1) is 11.3. The number of hydrogen-bond donors (Lipinski definition) is 1. The van der Waals surface area contributed by atoms with Crippen molar-refractivity contribution in [1.82, 2.24) is 0 Å². The number of benzene rings is 1. The Bertz CT molecular complexity index is 315. The van der Waals surface area contributed by atoms with E-state index in [1.807, 2.05) is 12.1 Å². The van der Waals surface area contributed by atoms with Crippen molar-refractivity contribution in [3.8, 4) is 5.75 Å². The van der Waals surface area contributed by atoms with E-state index in [1.54, 1.807) is 7.11 Å². The lowest BCUT2D eigenvalue weighted by Crippen LogP contribution is -2.35. The van der Waals surface area contributed by atoms with E-state index in [4.69, 9.17) is 10.5 Å². The fourth-order valence-corrected chi connectivity index (χ4v) is 2.22. The van der Waals surface area contributed by atoms with Crippen LogP contribution in [0.2, 0.25) is 0 Å².